The summed E-state index contributed by atoms with van der Waals surface area (Å²) in [6.45, 7) is 5.06. The van der Waals surface area contributed by atoms with Crippen molar-refractivity contribution in [1.82, 2.24) is 0 Å². The van der Waals surface area contributed by atoms with Crippen molar-refractivity contribution >= 4 is 0 Å². The zero-order valence-corrected chi connectivity index (χ0v) is 10.0. The summed E-state index contributed by atoms with van der Waals surface area (Å²) >= 11 is 0. The fraction of sp³-hybridized carbons (Fsp3) is 1.00. The first-order valence-corrected chi connectivity index (χ1v) is 6.50. The third-order valence-electron chi connectivity index (χ3n) is 4.32. The predicted octanol–water partition coefficient (Wildman–Crippen LogP) is 2.01. The molecule has 0 aromatic rings. The number of nitrogens with two attached hydrogens (primary N) is 1. The van der Waals surface area contributed by atoms with Crippen molar-refractivity contribution in [2.45, 2.75) is 45.6 Å². The molecule has 4 atom stereocenters. The Bertz CT molecular complexity index is 207. The van der Waals surface area contributed by atoms with Crippen LogP contribution in [-0.2, 0) is 0 Å². The van der Waals surface area contributed by atoms with Crippen LogP contribution in [0.15, 0.2) is 0 Å². The second kappa shape index (κ2) is 4.42. The standard InChI is InChI=1S/C13H25NO/c1-8(2)3-12(7-14)13(15)11-5-9-4-10(9)6-11/h8-13,15H,3-7,14H2,1-2H3. The fourth-order valence-corrected chi connectivity index (χ4v) is 3.41. The van der Waals surface area contributed by atoms with E-state index in [1.807, 2.05) is 0 Å². The van der Waals surface area contributed by atoms with Crippen molar-refractivity contribution in [3.8, 4) is 0 Å². The molecule has 0 saturated heterocycles. The monoisotopic (exact) mass is 211 g/mol. The van der Waals surface area contributed by atoms with Gasteiger partial charge in [0.2, 0.25) is 0 Å². The summed E-state index contributed by atoms with van der Waals surface area (Å²) in [5, 5.41) is 10.3. The number of hydrogen-bond acceptors (Lipinski definition) is 2. The molecule has 15 heavy (non-hydrogen) atoms. The molecule has 0 bridgehead atoms. The van der Waals surface area contributed by atoms with Crippen LogP contribution in [0.2, 0.25) is 0 Å². The van der Waals surface area contributed by atoms with Gasteiger partial charge in [-0.25, -0.2) is 0 Å². The topological polar surface area (TPSA) is 46.2 Å². The minimum atomic E-state index is -0.134. The van der Waals surface area contributed by atoms with Gasteiger partial charge >= 0.3 is 0 Å². The van der Waals surface area contributed by atoms with Crippen LogP contribution < -0.4 is 5.73 Å². The van der Waals surface area contributed by atoms with E-state index in [9.17, 15) is 5.11 Å². The Balaban J connectivity index is 1.84. The van der Waals surface area contributed by atoms with Crippen molar-refractivity contribution in [3.63, 3.8) is 0 Å². The molecule has 2 rings (SSSR count). The van der Waals surface area contributed by atoms with Gasteiger partial charge in [0.05, 0.1) is 6.10 Å². The van der Waals surface area contributed by atoms with Gasteiger partial charge in [-0.15, -0.1) is 0 Å². The minimum absolute atomic E-state index is 0.134. The van der Waals surface area contributed by atoms with Crippen LogP contribution in [0, 0.1) is 29.6 Å². The van der Waals surface area contributed by atoms with Gasteiger partial charge in [0.25, 0.3) is 0 Å². The van der Waals surface area contributed by atoms with Gasteiger partial charge in [-0.1, -0.05) is 13.8 Å². The summed E-state index contributed by atoms with van der Waals surface area (Å²) in [5.41, 5.74) is 5.78. The molecule has 2 aliphatic rings. The minimum Gasteiger partial charge on any atom is -0.393 e. The van der Waals surface area contributed by atoms with E-state index in [-0.39, 0.29) is 6.10 Å². The lowest BCUT2D eigenvalue weighted by Gasteiger charge is -2.28. The van der Waals surface area contributed by atoms with E-state index < -0.39 is 0 Å². The van der Waals surface area contributed by atoms with Crippen molar-refractivity contribution < 1.29 is 5.11 Å². The zero-order valence-electron chi connectivity index (χ0n) is 10.0. The van der Waals surface area contributed by atoms with Crippen LogP contribution in [0.4, 0.5) is 0 Å². The Morgan fingerprint density at radius 3 is 2.27 bits per heavy atom. The zero-order chi connectivity index (χ0) is 11.0. The van der Waals surface area contributed by atoms with Crippen LogP contribution in [0.1, 0.15) is 39.5 Å². The molecule has 0 radical (unpaired) electrons. The molecule has 2 fully saturated rings. The maximum atomic E-state index is 10.3. The number of aliphatic hydroxyl groups excluding tert-OH is 1. The number of hydrogen-bond donors (Lipinski definition) is 2. The van der Waals surface area contributed by atoms with E-state index >= 15 is 0 Å². The third-order valence-corrected chi connectivity index (χ3v) is 4.32. The molecule has 88 valence electrons. The van der Waals surface area contributed by atoms with E-state index in [4.69, 9.17) is 5.73 Å². The van der Waals surface area contributed by atoms with Crippen LogP contribution in [-0.4, -0.2) is 17.8 Å². The molecule has 0 spiro atoms. The highest BCUT2D eigenvalue weighted by Gasteiger charge is 2.48. The smallest absolute Gasteiger partial charge is 0.0608 e. The van der Waals surface area contributed by atoms with Gasteiger partial charge < -0.3 is 10.8 Å². The fourth-order valence-electron chi connectivity index (χ4n) is 3.41. The molecular formula is C13H25NO. The van der Waals surface area contributed by atoms with Crippen LogP contribution in [0.3, 0.4) is 0 Å². The Morgan fingerprint density at radius 2 is 1.80 bits per heavy atom. The molecule has 0 aliphatic heterocycles. The van der Waals surface area contributed by atoms with E-state index in [2.05, 4.69) is 13.8 Å². The van der Waals surface area contributed by atoms with Gasteiger partial charge in [-0.05, 0) is 61.8 Å². The molecule has 0 aromatic carbocycles. The summed E-state index contributed by atoms with van der Waals surface area (Å²) in [4.78, 5) is 0. The average Bonchev–Trinajstić information content (AvgIpc) is 2.81. The summed E-state index contributed by atoms with van der Waals surface area (Å²) in [7, 11) is 0. The first-order valence-electron chi connectivity index (χ1n) is 6.50. The normalized spacial score (nSPS) is 37.8. The summed E-state index contributed by atoms with van der Waals surface area (Å²) in [5.74, 6) is 3.45. The lowest BCUT2D eigenvalue weighted by Crippen LogP contribution is -2.34. The molecule has 3 N–H and O–H groups in total. The first-order chi connectivity index (χ1) is 7.11. The second-order valence-electron chi connectivity index (χ2n) is 6.10. The molecule has 0 amide bonds. The third kappa shape index (κ3) is 2.54. The van der Waals surface area contributed by atoms with Gasteiger partial charge in [-0.3, -0.25) is 0 Å². The second-order valence-corrected chi connectivity index (χ2v) is 6.10. The van der Waals surface area contributed by atoms with Gasteiger partial charge in [0, 0.05) is 0 Å². The molecule has 0 heterocycles. The molecule has 2 saturated carbocycles. The SMILES string of the molecule is CC(C)CC(CN)C(O)C1CC2CC2C1. The van der Waals surface area contributed by atoms with Crippen LogP contribution in [0.5, 0.6) is 0 Å². The highest BCUT2D eigenvalue weighted by atomic mass is 16.3. The van der Waals surface area contributed by atoms with Crippen molar-refractivity contribution in [1.29, 1.82) is 0 Å². The van der Waals surface area contributed by atoms with E-state index in [0.717, 1.165) is 18.3 Å². The van der Waals surface area contributed by atoms with E-state index in [0.29, 0.717) is 24.3 Å². The molecule has 2 aliphatic carbocycles. The Labute approximate surface area is 93.2 Å². The maximum absolute atomic E-state index is 10.3. The number of fused-ring (bicyclic) bond motifs is 1. The van der Waals surface area contributed by atoms with Crippen molar-refractivity contribution in [2.75, 3.05) is 6.54 Å². The lowest BCUT2D eigenvalue weighted by atomic mass is 9.83. The maximum Gasteiger partial charge on any atom is 0.0608 e. The number of aliphatic hydroxyl groups is 1. The van der Waals surface area contributed by atoms with Crippen LogP contribution in [0.25, 0.3) is 0 Å². The Kier molecular flexibility index (Phi) is 3.36. The largest absolute Gasteiger partial charge is 0.393 e. The van der Waals surface area contributed by atoms with Crippen LogP contribution >= 0.6 is 0 Å². The molecule has 2 nitrogen and oxygen atoms in total. The summed E-state index contributed by atoms with van der Waals surface area (Å²) in [6.07, 6.45) is 4.90. The summed E-state index contributed by atoms with van der Waals surface area (Å²) < 4.78 is 0. The van der Waals surface area contributed by atoms with Gasteiger partial charge in [-0.2, -0.15) is 0 Å². The summed E-state index contributed by atoms with van der Waals surface area (Å²) in [6, 6.07) is 0. The van der Waals surface area contributed by atoms with Gasteiger partial charge in [0.1, 0.15) is 0 Å². The number of rotatable bonds is 5. The molecule has 4 unspecified atom stereocenters. The molecule has 2 heteroatoms. The Morgan fingerprint density at radius 1 is 1.20 bits per heavy atom. The molecule has 0 aromatic heterocycles. The van der Waals surface area contributed by atoms with Crippen molar-refractivity contribution in [2.24, 2.45) is 35.3 Å². The van der Waals surface area contributed by atoms with Crippen molar-refractivity contribution in [3.05, 3.63) is 0 Å². The first kappa shape index (κ1) is 11.4. The predicted molar refractivity (Wildman–Crippen MR) is 62.3 cm³/mol. The Hall–Kier alpha value is -0.0800. The highest BCUT2D eigenvalue weighted by Crippen LogP contribution is 2.55. The van der Waals surface area contributed by atoms with Gasteiger partial charge in [0.15, 0.2) is 0 Å². The quantitative estimate of drug-likeness (QED) is 0.731. The molecular weight excluding hydrogens is 186 g/mol. The van der Waals surface area contributed by atoms with E-state index in [1.54, 1.807) is 0 Å². The highest BCUT2D eigenvalue weighted by molar-refractivity contribution is 4.98. The van der Waals surface area contributed by atoms with E-state index in [1.165, 1.54) is 19.3 Å². The lowest BCUT2D eigenvalue weighted by molar-refractivity contribution is 0.0418. The average molecular weight is 211 g/mol.